The fraction of sp³-hybridized carbons (Fsp3) is 0.556. The van der Waals surface area contributed by atoms with Gasteiger partial charge in [0.1, 0.15) is 24.4 Å². The molecule has 0 saturated carbocycles. The number of hydrogen-bond acceptors (Lipinski definition) is 14. The lowest BCUT2D eigenvalue weighted by Crippen LogP contribution is -2.52. The van der Waals surface area contributed by atoms with Gasteiger partial charge in [0.25, 0.3) is 0 Å². The number of nitrogens with zero attached hydrogens (tertiary/aromatic N) is 4. The van der Waals surface area contributed by atoms with Crippen LogP contribution in [0, 0.1) is 36.4 Å². The van der Waals surface area contributed by atoms with Gasteiger partial charge in [0.05, 0.1) is 18.4 Å². The van der Waals surface area contributed by atoms with Gasteiger partial charge < -0.3 is 40.7 Å². The molecule has 16 nitrogen and oxygen atoms in total. The zero-order valence-corrected chi connectivity index (χ0v) is 24.3. The van der Waals surface area contributed by atoms with Crippen LogP contribution in [0.25, 0.3) is 0 Å². The summed E-state index contributed by atoms with van der Waals surface area (Å²) in [7, 11) is 0. The number of rotatable bonds is 7. The highest BCUT2D eigenvalue weighted by molar-refractivity contribution is 5.35. The van der Waals surface area contributed by atoms with E-state index in [0.717, 1.165) is 4.57 Å². The fourth-order valence-electron chi connectivity index (χ4n) is 5.23. The van der Waals surface area contributed by atoms with Crippen molar-refractivity contribution in [3.8, 4) is 23.7 Å². The highest BCUT2D eigenvalue weighted by atomic mass is 19.1. The smallest absolute Gasteiger partial charge is 0.352 e. The van der Waals surface area contributed by atoms with Gasteiger partial charge in [-0.3, -0.25) is 9.13 Å². The zero-order valence-electron chi connectivity index (χ0n) is 24.3. The molecule has 2 unspecified atom stereocenters. The van der Waals surface area contributed by atoms with E-state index in [1.807, 2.05) is 0 Å². The Hall–Kier alpha value is -3.91. The number of nitrogen functional groups attached to an aromatic ring is 1. The third-order valence-corrected chi connectivity index (χ3v) is 7.32. The van der Waals surface area contributed by atoms with Crippen molar-refractivity contribution in [2.75, 3.05) is 11.2 Å². The Morgan fingerprint density at radius 2 is 1.64 bits per heavy atom. The molecule has 0 amide bonds. The highest BCUT2D eigenvalue weighted by Gasteiger charge is 2.61. The van der Waals surface area contributed by atoms with Crippen LogP contribution in [-0.2, 0) is 14.3 Å². The Kier molecular flexibility index (Phi) is 9.17. The van der Waals surface area contributed by atoms with Crippen LogP contribution in [0.2, 0.25) is 0 Å². The molecular weight excluding hydrogens is 587 g/mol. The van der Waals surface area contributed by atoms with Gasteiger partial charge in [0.2, 0.25) is 5.60 Å². The number of ether oxygens (including phenoxy) is 2. The number of aryl methyl sites for hydroxylation is 1. The molecule has 8 N–H and O–H groups in total. The molecule has 17 heteroatoms. The van der Waals surface area contributed by atoms with Crippen molar-refractivity contribution in [3.05, 3.63) is 44.7 Å². The Bertz CT molecular complexity index is 1660. The van der Waals surface area contributed by atoms with E-state index >= 15 is 0 Å². The third-order valence-electron chi connectivity index (χ3n) is 7.32. The standard InChI is InChI=1S/C27H33FN6O10/c1-6-8-26(41)19(37)17(13(4)35)42-22(26)34-12(3)10-16(30-25(34)40)32-44-27(9-7-2)20(38)18(14(5)36)43-23(27)33-11-15(28)21(29)31-24(33)39/h10-11,13-14,17-20,22-23,35-38,41H,1-5H3,(H2,29,31,39)(H,30,32,40)/t13-,14-,17-,18-,19+,20+,22-,23-,26?,27?/m1/s1. The van der Waals surface area contributed by atoms with Gasteiger partial charge in [-0.2, -0.15) is 9.97 Å². The molecule has 4 rings (SSSR count). The molecule has 10 atom stereocenters. The summed E-state index contributed by atoms with van der Waals surface area (Å²) in [6, 6.07) is 1.28. The van der Waals surface area contributed by atoms with E-state index < -0.39 is 83.3 Å². The minimum atomic E-state index is -2.29. The molecule has 2 saturated heterocycles. The molecule has 4 heterocycles. The molecule has 0 aromatic carbocycles. The Labute approximate surface area is 249 Å². The highest BCUT2D eigenvalue weighted by Crippen LogP contribution is 2.42. The van der Waals surface area contributed by atoms with Crippen molar-refractivity contribution in [2.45, 2.75) is 94.9 Å². The summed E-state index contributed by atoms with van der Waals surface area (Å²) < 4.78 is 27.4. The summed E-state index contributed by atoms with van der Waals surface area (Å²) in [5, 5.41) is 53.4. The zero-order chi connectivity index (χ0) is 32.7. The van der Waals surface area contributed by atoms with Crippen LogP contribution in [0.4, 0.5) is 16.0 Å². The minimum absolute atomic E-state index is 0.120. The van der Waals surface area contributed by atoms with Crippen LogP contribution in [0.1, 0.15) is 45.8 Å². The first-order valence-electron chi connectivity index (χ1n) is 13.3. The second-order valence-electron chi connectivity index (χ2n) is 10.4. The molecule has 2 aromatic rings. The number of halogens is 1. The maximum Gasteiger partial charge on any atom is 0.352 e. The van der Waals surface area contributed by atoms with E-state index in [9.17, 15) is 39.5 Å². The normalized spacial score (nSPS) is 32.7. The van der Waals surface area contributed by atoms with Crippen LogP contribution < -0.4 is 22.6 Å². The van der Waals surface area contributed by atoms with Gasteiger partial charge in [0, 0.05) is 11.8 Å². The number of aliphatic hydroxyl groups excluding tert-OH is 4. The maximum atomic E-state index is 14.4. The number of hydrogen-bond donors (Lipinski definition) is 7. The summed E-state index contributed by atoms with van der Waals surface area (Å²) in [5.41, 5.74) is 1.34. The van der Waals surface area contributed by atoms with E-state index in [1.54, 1.807) is 0 Å². The van der Waals surface area contributed by atoms with E-state index in [4.69, 9.17) is 20.0 Å². The number of nitrogens with one attached hydrogen (secondary N) is 1. The van der Waals surface area contributed by atoms with Crippen LogP contribution in [-0.4, -0.2) is 92.5 Å². The Balaban J connectivity index is 1.75. The van der Waals surface area contributed by atoms with Crippen molar-refractivity contribution in [1.82, 2.24) is 19.1 Å². The van der Waals surface area contributed by atoms with Crippen molar-refractivity contribution < 1.29 is 44.2 Å². The predicted octanol–water partition coefficient (Wildman–Crippen LogP) is -2.33. The SMILES string of the molecule is CC#CC1(O)[C@@H](O)[C@@H]([C@@H](C)O)O[C@H]1n1c(C)cc(NOC2(C#CC)[C@@H](O)[C@@H]([C@@H](C)O)O[C@H]2n2cc(F)c(N)nc2=O)nc1=O. The predicted molar refractivity (Wildman–Crippen MR) is 149 cm³/mol. The van der Waals surface area contributed by atoms with Crippen molar-refractivity contribution in [3.63, 3.8) is 0 Å². The lowest BCUT2D eigenvalue weighted by Gasteiger charge is -2.32. The molecule has 2 aliphatic heterocycles. The minimum Gasteiger partial charge on any atom is -0.391 e. The Morgan fingerprint density at radius 1 is 1.05 bits per heavy atom. The largest absolute Gasteiger partial charge is 0.391 e. The van der Waals surface area contributed by atoms with Gasteiger partial charge in [-0.05, 0) is 34.6 Å². The van der Waals surface area contributed by atoms with Gasteiger partial charge >= 0.3 is 11.4 Å². The van der Waals surface area contributed by atoms with E-state index in [-0.39, 0.29) is 11.5 Å². The van der Waals surface area contributed by atoms with Crippen molar-refractivity contribution in [1.29, 1.82) is 0 Å². The molecule has 2 aliphatic rings. The average molecular weight is 621 g/mol. The first-order chi connectivity index (χ1) is 20.6. The molecular formula is C27H33FN6O10. The van der Waals surface area contributed by atoms with E-state index in [1.165, 1.54) is 40.7 Å². The van der Waals surface area contributed by atoms with Crippen LogP contribution in [0.15, 0.2) is 21.9 Å². The fourth-order valence-corrected chi connectivity index (χ4v) is 5.23. The summed E-state index contributed by atoms with van der Waals surface area (Å²) in [6.07, 6.45) is -11.2. The first kappa shape index (κ1) is 33.0. The van der Waals surface area contributed by atoms with Gasteiger partial charge in [-0.25, -0.2) is 24.3 Å². The van der Waals surface area contributed by atoms with Crippen LogP contribution in [0.5, 0.6) is 0 Å². The van der Waals surface area contributed by atoms with Crippen molar-refractivity contribution >= 4 is 11.6 Å². The summed E-state index contributed by atoms with van der Waals surface area (Å²) in [6.45, 7) is 6.88. The summed E-state index contributed by atoms with van der Waals surface area (Å²) >= 11 is 0. The lowest BCUT2D eigenvalue weighted by molar-refractivity contribution is -0.102. The first-order valence-corrected chi connectivity index (χ1v) is 13.3. The monoisotopic (exact) mass is 620 g/mol. The molecule has 44 heavy (non-hydrogen) atoms. The molecule has 2 fully saturated rings. The summed E-state index contributed by atoms with van der Waals surface area (Å²) in [4.78, 5) is 39.0. The van der Waals surface area contributed by atoms with Crippen LogP contribution in [0.3, 0.4) is 0 Å². The molecule has 0 radical (unpaired) electrons. The Morgan fingerprint density at radius 3 is 2.20 bits per heavy atom. The van der Waals surface area contributed by atoms with Crippen molar-refractivity contribution in [2.24, 2.45) is 0 Å². The molecule has 0 aliphatic carbocycles. The topological polar surface area (TPSA) is 237 Å². The molecule has 238 valence electrons. The number of anilines is 2. The van der Waals surface area contributed by atoms with Crippen LogP contribution >= 0.6 is 0 Å². The second kappa shape index (κ2) is 12.2. The van der Waals surface area contributed by atoms with Gasteiger partial charge in [-0.15, -0.1) is 11.8 Å². The number of nitrogens with two attached hydrogens (primary N) is 1. The lowest BCUT2D eigenvalue weighted by atomic mass is 9.92. The quantitative estimate of drug-likeness (QED) is 0.127. The molecule has 2 aromatic heterocycles. The van der Waals surface area contributed by atoms with E-state index in [2.05, 4.69) is 39.1 Å². The van der Waals surface area contributed by atoms with E-state index in [0.29, 0.717) is 10.8 Å². The third kappa shape index (κ3) is 5.45. The van der Waals surface area contributed by atoms with Gasteiger partial charge in [0.15, 0.2) is 35.5 Å². The van der Waals surface area contributed by atoms with Gasteiger partial charge in [-0.1, -0.05) is 11.8 Å². The average Bonchev–Trinajstić information content (AvgIpc) is 3.36. The maximum absolute atomic E-state index is 14.4. The summed E-state index contributed by atoms with van der Waals surface area (Å²) in [5.74, 6) is 8.08. The number of aliphatic hydroxyl groups is 5. The molecule has 0 bridgehead atoms. The molecule has 0 spiro atoms. The number of aromatic nitrogens is 4. The second-order valence-corrected chi connectivity index (χ2v) is 10.4.